The minimum atomic E-state index is -0.427. The van der Waals surface area contributed by atoms with Crippen molar-refractivity contribution in [3.8, 4) is 0 Å². The Labute approximate surface area is 72.8 Å². The van der Waals surface area contributed by atoms with Crippen LogP contribution in [0.5, 0.6) is 0 Å². The summed E-state index contributed by atoms with van der Waals surface area (Å²) in [5, 5.41) is 0. The number of hydrogen-bond acceptors (Lipinski definition) is 4. The number of carbonyl (C=O) groups is 1. The van der Waals surface area contributed by atoms with E-state index in [0.717, 1.165) is 0 Å². The first-order valence-corrected chi connectivity index (χ1v) is 4.07. The van der Waals surface area contributed by atoms with Gasteiger partial charge in [0.1, 0.15) is 6.61 Å². The van der Waals surface area contributed by atoms with E-state index in [1.807, 2.05) is 13.8 Å². The van der Waals surface area contributed by atoms with Gasteiger partial charge in [0.05, 0.1) is 0 Å². The summed E-state index contributed by atoms with van der Waals surface area (Å²) in [4.78, 5) is 10.4. The number of hydrogen-bond donors (Lipinski definition) is 0. The van der Waals surface area contributed by atoms with Crippen molar-refractivity contribution in [1.82, 2.24) is 0 Å². The van der Waals surface area contributed by atoms with Gasteiger partial charge in [0, 0.05) is 20.1 Å². The van der Waals surface area contributed by atoms with Crippen molar-refractivity contribution in [2.75, 3.05) is 19.8 Å². The molecule has 0 radical (unpaired) electrons. The normalized spacial score (nSPS) is 10.3. The third-order valence-corrected chi connectivity index (χ3v) is 1.13. The molecule has 0 amide bonds. The summed E-state index contributed by atoms with van der Waals surface area (Å²) < 4.78 is 15.0. The lowest BCUT2D eigenvalue weighted by Crippen LogP contribution is -2.24. The molecular weight excluding hydrogens is 160 g/mol. The van der Waals surface area contributed by atoms with Crippen molar-refractivity contribution >= 4 is 5.97 Å². The van der Waals surface area contributed by atoms with Gasteiger partial charge in [-0.05, 0) is 13.8 Å². The minimum absolute atomic E-state index is 0.164. The fourth-order valence-corrected chi connectivity index (χ4v) is 0.702. The third kappa shape index (κ3) is 6.12. The first-order valence-electron chi connectivity index (χ1n) is 4.07. The van der Waals surface area contributed by atoms with Gasteiger partial charge in [-0.2, -0.15) is 0 Å². The van der Waals surface area contributed by atoms with Crippen LogP contribution >= 0.6 is 0 Å². The third-order valence-electron chi connectivity index (χ3n) is 1.13. The van der Waals surface area contributed by atoms with Crippen molar-refractivity contribution in [3.63, 3.8) is 0 Å². The van der Waals surface area contributed by atoms with Crippen LogP contribution in [0.4, 0.5) is 0 Å². The van der Waals surface area contributed by atoms with Gasteiger partial charge in [-0.1, -0.05) is 0 Å². The molecule has 4 heteroatoms. The highest BCUT2D eigenvalue weighted by molar-refractivity contribution is 5.65. The van der Waals surface area contributed by atoms with Gasteiger partial charge < -0.3 is 14.2 Å². The standard InChI is InChI=1S/C8H16O4/c1-4-10-8(11-5-2)6-12-7(3)9/h8H,4-6H2,1-3H3. The molecule has 0 fully saturated rings. The Balaban J connectivity index is 3.54. The summed E-state index contributed by atoms with van der Waals surface area (Å²) in [5.74, 6) is -0.320. The molecule has 4 nitrogen and oxygen atoms in total. The lowest BCUT2D eigenvalue weighted by molar-refractivity contribution is -0.178. The highest BCUT2D eigenvalue weighted by Crippen LogP contribution is 1.96. The highest BCUT2D eigenvalue weighted by Gasteiger charge is 2.08. The van der Waals surface area contributed by atoms with Gasteiger partial charge in [-0.15, -0.1) is 0 Å². The monoisotopic (exact) mass is 176 g/mol. The molecular formula is C8H16O4. The molecule has 0 heterocycles. The van der Waals surface area contributed by atoms with Gasteiger partial charge >= 0.3 is 5.97 Å². The Morgan fingerprint density at radius 3 is 2.08 bits per heavy atom. The Bertz CT molecular complexity index is 118. The van der Waals surface area contributed by atoms with E-state index in [1.54, 1.807) is 0 Å². The SMILES string of the molecule is CCOC(COC(C)=O)OCC. The molecule has 0 bridgehead atoms. The molecule has 0 aromatic heterocycles. The van der Waals surface area contributed by atoms with Crippen molar-refractivity contribution in [2.24, 2.45) is 0 Å². The molecule has 72 valence electrons. The number of esters is 1. The van der Waals surface area contributed by atoms with Crippen molar-refractivity contribution in [3.05, 3.63) is 0 Å². The van der Waals surface area contributed by atoms with Crippen molar-refractivity contribution in [1.29, 1.82) is 0 Å². The van der Waals surface area contributed by atoms with Gasteiger partial charge in [0.25, 0.3) is 0 Å². The summed E-state index contributed by atoms with van der Waals surface area (Å²) in [7, 11) is 0. The first kappa shape index (κ1) is 11.4. The van der Waals surface area contributed by atoms with Crippen LogP contribution in [0, 0.1) is 0 Å². The number of ether oxygens (including phenoxy) is 3. The van der Waals surface area contributed by atoms with Crippen LogP contribution < -0.4 is 0 Å². The van der Waals surface area contributed by atoms with E-state index in [0.29, 0.717) is 13.2 Å². The average molecular weight is 176 g/mol. The van der Waals surface area contributed by atoms with Crippen molar-refractivity contribution < 1.29 is 19.0 Å². The minimum Gasteiger partial charge on any atom is -0.460 e. The van der Waals surface area contributed by atoms with Gasteiger partial charge in [-0.25, -0.2) is 0 Å². The lowest BCUT2D eigenvalue weighted by Gasteiger charge is -2.15. The predicted octanol–water partition coefficient (Wildman–Crippen LogP) is 0.949. The average Bonchev–Trinajstić information content (AvgIpc) is 2.01. The molecule has 0 rings (SSSR count). The molecule has 0 N–H and O–H groups in total. The van der Waals surface area contributed by atoms with E-state index in [9.17, 15) is 4.79 Å². The molecule has 0 aliphatic rings. The number of rotatable bonds is 6. The topological polar surface area (TPSA) is 44.8 Å². The molecule has 0 aromatic rings. The van der Waals surface area contributed by atoms with Crippen LogP contribution in [0.25, 0.3) is 0 Å². The van der Waals surface area contributed by atoms with Crippen LogP contribution in [-0.4, -0.2) is 32.1 Å². The maximum Gasteiger partial charge on any atom is 0.302 e. The zero-order valence-corrected chi connectivity index (χ0v) is 7.83. The molecule has 0 aliphatic carbocycles. The van der Waals surface area contributed by atoms with Crippen molar-refractivity contribution in [2.45, 2.75) is 27.1 Å². The molecule has 0 saturated carbocycles. The zero-order valence-electron chi connectivity index (χ0n) is 7.83. The van der Waals surface area contributed by atoms with Crippen LogP contribution in [0.15, 0.2) is 0 Å². The molecule has 0 unspecified atom stereocenters. The fraction of sp³-hybridized carbons (Fsp3) is 0.875. The maximum atomic E-state index is 10.4. The van der Waals surface area contributed by atoms with E-state index in [2.05, 4.69) is 0 Å². The van der Waals surface area contributed by atoms with Crippen LogP contribution in [-0.2, 0) is 19.0 Å². The molecule has 0 atom stereocenters. The van der Waals surface area contributed by atoms with Gasteiger partial charge in [0.15, 0.2) is 6.29 Å². The Hall–Kier alpha value is -0.610. The lowest BCUT2D eigenvalue weighted by atomic mass is 10.6. The quantitative estimate of drug-likeness (QED) is 0.446. The second kappa shape index (κ2) is 7.06. The van der Waals surface area contributed by atoms with Gasteiger partial charge in [-0.3, -0.25) is 4.79 Å². The molecule has 0 saturated heterocycles. The summed E-state index contributed by atoms with van der Waals surface area (Å²) in [5.41, 5.74) is 0. The Morgan fingerprint density at radius 2 is 1.75 bits per heavy atom. The van der Waals surface area contributed by atoms with E-state index >= 15 is 0 Å². The molecule has 0 spiro atoms. The van der Waals surface area contributed by atoms with Crippen LogP contribution in [0.1, 0.15) is 20.8 Å². The molecule has 0 aliphatic heterocycles. The zero-order chi connectivity index (χ0) is 9.40. The second-order valence-electron chi connectivity index (χ2n) is 2.14. The van der Waals surface area contributed by atoms with E-state index in [1.165, 1.54) is 6.92 Å². The summed E-state index contributed by atoms with van der Waals surface area (Å²) in [6.07, 6.45) is -0.427. The van der Waals surface area contributed by atoms with E-state index in [4.69, 9.17) is 14.2 Å². The van der Waals surface area contributed by atoms with E-state index < -0.39 is 6.29 Å². The summed E-state index contributed by atoms with van der Waals surface area (Å²) >= 11 is 0. The maximum absolute atomic E-state index is 10.4. The Kier molecular flexibility index (Phi) is 6.70. The van der Waals surface area contributed by atoms with Gasteiger partial charge in [0.2, 0.25) is 0 Å². The predicted molar refractivity (Wildman–Crippen MR) is 43.7 cm³/mol. The Morgan fingerprint density at radius 1 is 1.25 bits per heavy atom. The first-order chi connectivity index (χ1) is 5.70. The molecule has 0 aromatic carbocycles. The number of carbonyl (C=O) groups excluding carboxylic acids is 1. The fourth-order valence-electron chi connectivity index (χ4n) is 0.702. The van der Waals surface area contributed by atoms with Crippen LogP contribution in [0.2, 0.25) is 0 Å². The summed E-state index contributed by atoms with van der Waals surface area (Å²) in [6, 6.07) is 0. The smallest absolute Gasteiger partial charge is 0.302 e. The van der Waals surface area contributed by atoms with Crippen LogP contribution in [0.3, 0.4) is 0 Å². The highest BCUT2D eigenvalue weighted by atomic mass is 16.7. The van der Waals surface area contributed by atoms with E-state index in [-0.39, 0.29) is 12.6 Å². The molecule has 12 heavy (non-hydrogen) atoms. The largest absolute Gasteiger partial charge is 0.460 e. The second-order valence-corrected chi connectivity index (χ2v) is 2.14. The summed E-state index contributed by atoms with van der Waals surface area (Å²) in [6.45, 7) is 6.34.